The number of benzene rings is 1. The number of hydrogen-bond donors (Lipinski definition) is 2. The maximum atomic E-state index is 12.8. The molecule has 1 aliphatic rings. The van der Waals surface area contributed by atoms with Gasteiger partial charge in [0.15, 0.2) is 0 Å². The average molecular weight is 370 g/mol. The molecule has 144 valence electrons. The molecule has 1 fully saturated rings. The molecule has 0 unspecified atom stereocenters. The summed E-state index contributed by atoms with van der Waals surface area (Å²) in [6.07, 6.45) is 2.65. The van der Waals surface area contributed by atoms with Gasteiger partial charge in [0.25, 0.3) is 5.91 Å². The quantitative estimate of drug-likeness (QED) is 0.844. The highest BCUT2D eigenvalue weighted by atomic mass is 16.5. The maximum absolute atomic E-state index is 12.8. The van der Waals surface area contributed by atoms with E-state index in [-0.39, 0.29) is 17.9 Å². The lowest BCUT2D eigenvalue weighted by molar-refractivity contribution is -0.142. The number of amides is 1. The molecule has 2 N–H and O–H groups in total. The minimum absolute atomic E-state index is 0.0390. The van der Waals surface area contributed by atoms with E-state index in [1.165, 1.54) is 0 Å². The van der Waals surface area contributed by atoms with Gasteiger partial charge in [0.1, 0.15) is 5.75 Å². The Labute approximate surface area is 159 Å². The molecular weight excluding hydrogens is 344 g/mol. The van der Waals surface area contributed by atoms with Crippen LogP contribution in [-0.2, 0) is 4.79 Å². The fraction of sp³-hybridized carbons (Fsp3) is 0.429. The molecule has 2 aromatic rings. The second-order valence-electron chi connectivity index (χ2n) is 7.18. The fourth-order valence-electron chi connectivity index (χ4n) is 3.87. The number of hydrogen-bond acceptors (Lipinski definition) is 3. The Balaban J connectivity index is 1.73. The van der Waals surface area contributed by atoms with E-state index < -0.39 is 5.97 Å². The molecule has 1 aliphatic carbocycles. The standard InChI is InChI=1S/C21H26N2O4/c1-13-12-19(14(2)23(13)17-8-10-18(27-3)11-9-17)20(24)22-16-6-4-15(5-7-16)21(25)26/h8-12,15-16H,4-7H2,1-3H3,(H,22,24)(H,25,26). The highest BCUT2D eigenvalue weighted by Gasteiger charge is 2.27. The highest BCUT2D eigenvalue weighted by molar-refractivity contribution is 5.96. The van der Waals surface area contributed by atoms with Crippen molar-refractivity contribution >= 4 is 11.9 Å². The van der Waals surface area contributed by atoms with Crippen LogP contribution in [0.4, 0.5) is 0 Å². The number of methoxy groups -OCH3 is 1. The monoisotopic (exact) mass is 370 g/mol. The topological polar surface area (TPSA) is 80.6 Å². The molecule has 0 atom stereocenters. The van der Waals surface area contributed by atoms with Gasteiger partial charge in [0.05, 0.1) is 18.6 Å². The first-order valence-electron chi connectivity index (χ1n) is 9.27. The third-order valence-corrected chi connectivity index (χ3v) is 5.42. The largest absolute Gasteiger partial charge is 0.497 e. The molecule has 0 aliphatic heterocycles. The maximum Gasteiger partial charge on any atom is 0.306 e. The van der Waals surface area contributed by atoms with Crippen LogP contribution in [0.5, 0.6) is 5.75 Å². The molecule has 0 saturated heterocycles. The molecule has 6 heteroatoms. The van der Waals surface area contributed by atoms with Gasteiger partial charge in [-0.3, -0.25) is 9.59 Å². The molecule has 1 amide bonds. The molecule has 6 nitrogen and oxygen atoms in total. The van der Waals surface area contributed by atoms with Crippen LogP contribution in [0.3, 0.4) is 0 Å². The van der Waals surface area contributed by atoms with Crippen LogP contribution in [0.15, 0.2) is 30.3 Å². The highest BCUT2D eigenvalue weighted by Crippen LogP contribution is 2.26. The zero-order valence-corrected chi connectivity index (χ0v) is 16.0. The lowest BCUT2D eigenvalue weighted by Gasteiger charge is -2.26. The summed E-state index contributed by atoms with van der Waals surface area (Å²) in [5, 5.41) is 12.2. The minimum atomic E-state index is -0.734. The van der Waals surface area contributed by atoms with E-state index in [0.717, 1.165) is 22.8 Å². The molecule has 3 rings (SSSR count). The number of aliphatic carboxylic acids is 1. The van der Waals surface area contributed by atoms with E-state index in [1.807, 2.05) is 44.2 Å². The van der Waals surface area contributed by atoms with Crippen molar-refractivity contribution in [3.63, 3.8) is 0 Å². The number of ether oxygens (including phenoxy) is 1. The van der Waals surface area contributed by atoms with E-state index in [1.54, 1.807) is 7.11 Å². The number of carboxylic acids is 1. The average Bonchev–Trinajstić information content (AvgIpc) is 2.96. The summed E-state index contributed by atoms with van der Waals surface area (Å²) in [5.74, 6) is -0.320. The van der Waals surface area contributed by atoms with Crippen LogP contribution in [0.2, 0.25) is 0 Å². The third kappa shape index (κ3) is 3.99. The van der Waals surface area contributed by atoms with Crippen LogP contribution < -0.4 is 10.1 Å². The zero-order chi connectivity index (χ0) is 19.6. The minimum Gasteiger partial charge on any atom is -0.497 e. The Bertz CT molecular complexity index is 831. The van der Waals surface area contributed by atoms with Crippen molar-refractivity contribution in [1.82, 2.24) is 9.88 Å². The molecule has 1 saturated carbocycles. The Hall–Kier alpha value is -2.76. The lowest BCUT2D eigenvalue weighted by atomic mass is 9.86. The fourth-order valence-corrected chi connectivity index (χ4v) is 3.87. The number of carboxylic acid groups (broad SMARTS) is 1. The predicted molar refractivity (Wildman–Crippen MR) is 103 cm³/mol. The van der Waals surface area contributed by atoms with E-state index in [4.69, 9.17) is 9.84 Å². The summed E-state index contributed by atoms with van der Waals surface area (Å²) in [5.41, 5.74) is 3.50. The van der Waals surface area contributed by atoms with Crippen molar-refractivity contribution in [2.24, 2.45) is 5.92 Å². The van der Waals surface area contributed by atoms with Crippen LogP contribution in [-0.4, -0.2) is 34.7 Å². The number of carbonyl (C=O) groups is 2. The van der Waals surface area contributed by atoms with E-state index in [0.29, 0.717) is 31.2 Å². The van der Waals surface area contributed by atoms with Gasteiger partial charge >= 0.3 is 5.97 Å². The Kier molecular flexibility index (Phi) is 5.54. The van der Waals surface area contributed by atoms with Crippen molar-refractivity contribution in [3.05, 3.63) is 47.3 Å². The molecule has 1 heterocycles. The van der Waals surface area contributed by atoms with Crippen molar-refractivity contribution < 1.29 is 19.4 Å². The summed E-state index contributed by atoms with van der Waals surface area (Å²) in [6.45, 7) is 3.92. The van der Waals surface area contributed by atoms with Crippen LogP contribution in [0, 0.1) is 19.8 Å². The number of rotatable bonds is 5. The Morgan fingerprint density at radius 3 is 2.30 bits per heavy atom. The van der Waals surface area contributed by atoms with Gasteiger partial charge in [0, 0.05) is 23.1 Å². The molecule has 1 aromatic heterocycles. The van der Waals surface area contributed by atoms with Gasteiger partial charge < -0.3 is 19.7 Å². The summed E-state index contributed by atoms with van der Waals surface area (Å²) in [4.78, 5) is 23.9. The first kappa shape index (κ1) is 19.0. The van der Waals surface area contributed by atoms with E-state index in [2.05, 4.69) is 9.88 Å². The summed E-state index contributed by atoms with van der Waals surface area (Å²) in [6, 6.07) is 9.67. The molecule has 0 radical (unpaired) electrons. The van der Waals surface area contributed by atoms with Crippen LogP contribution in [0.1, 0.15) is 47.4 Å². The van der Waals surface area contributed by atoms with E-state index in [9.17, 15) is 9.59 Å². The second kappa shape index (κ2) is 7.86. The van der Waals surface area contributed by atoms with E-state index >= 15 is 0 Å². The van der Waals surface area contributed by atoms with Crippen molar-refractivity contribution in [3.8, 4) is 11.4 Å². The lowest BCUT2D eigenvalue weighted by Crippen LogP contribution is -2.38. The number of nitrogens with zero attached hydrogens (tertiary/aromatic N) is 1. The number of carbonyl (C=O) groups excluding carboxylic acids is 1. The van der Waals surface area contributed by atoms with Gasteiger partial charge in [0.2, 0.25) is 0 Å². The third-order valence-electron chi connectivity index (χ3n) is 5.42. The second-order valence-corrected chi connectivity index (χ2v) is 7.18. The van der Waals surface area contributed by atoms with Gasteiger partial charge in [-0.05, 0) is 69.9 Å². The van der Waals surface area contributed by atoms with Gasteiger partial charge in [-0.15, -0.1) is 0 Å². The number of aryl methyl sites for hydroxylation is 1. The molecule has 27 heavy (non-hydrogen) atoms. The summed E-state index contributed by atoms with van der Waals surface area (Å²) >= 11 is 0. The van der Waals surface area contributed by atoms with Gasteiger partial charge in [-0.2, -0.15) is 0 Å². The smallest absolute Gasteiger partial charge is 0.306 e. The zero-order valence-electron chi connectivity index (χ0n) is 16.0. The number of aromatic nitrogens is 1. The Morgan fingerprint density at radius 1 is 1.11 bits per heavy atom. The Morgan fingerprint density at radius 2 is 1.74 bits per heavy atom. The molecular formula is C21H26N2O4. The van der Waals surface area contributed by atoms with Gasteiger partial charge in [-0.1, -0.05) is 0 Å². The van der Waals surface area contributed by atoms with Crippen LogP contribution >= 0.6 is 0 Å². The van der Waals surface area contributed by atoms with Gasteiger partial charge in [-0.25, -0.2) is 0 Å². The molecule has 0 bridgehead atoms. The normalized spacial score (nSPS) is 19.5. The summed E-state index contributed by atoms with van der Waals surface area (Å²) < 4.78 is 7.26. The van der Waals surface area contributed by atoms with Crippen LogP contribution in [0.25, 0.3) is 5.69 Å². The molecule has 0 spiro atoms. The first-order valence-corrected chi connectivity index (χ1v) is 9.27. The summed E-state index contributed by atoms with van der Waals surface area (Å²) in [7, 11) is 1.63. The van der Waals surface area contributed by atoms with Crippen molar-refractivity contribution in [1.29, 1.82) is 0 Å². The predicted octanol–water partition coefficient (Wildman–Crippen LogP) is 3.48. The number of nitrogens with one attached hydrogen (secondary N) is 1. The SMILES string of the molecule is COc1ccc(-n2c(C)cc(C(=O)NC3CCC(C(=O)O)CC3)c2C)cc1. The first-order chi connectivity index (χ1) is 12.9. The van der Waals surface area contributed by atoms with Crippen molar-refractivity contribution in [2.45, 2.75) is 45.6 Å². The molecule has 1 aromatic carbocycles. The van der Waals surface area contributed by atoms with Crippen molar-refractivity contribution in [2.75, 3.05) is 7.11 Å².